The average Bonchev–Trinajstić information content (AvgIpc) is 2.48. The van der Waals surface area contributed by atoms with Gasteiger partial charge >= 0.3 is 6.03 Å². The van der Waals surface area contributed by atoms with Crippen molar-refractivity contribution >= 4 is 17.4 Å². The second kappa shape index (κ2) is 6.58. The number of carbonyl (C=O) groups is 1. The SMILES string of the molecule is COc1ccc(NC(=O)Nc2ccccc2CN)cc1. The summed E-state index contributed by atoms with van der Waals surface area (Å²) in [4.78, 5) is 11.9. The van der Waals surface area contributed by atoms with Gasteiger partial charge in [0, 0.05) is 17.9 Å². The highest BCUT2D eigenvalue weighted by Crippen LogP contribution is 2.17. The summed E-state index contributed by atoms with van der Waals surface area (Å²) in [5.41, 5.74) is 7.91. The molecule has 0 aliphatic rings. The van der Waals surface area contributed by atoms with E-state index < -0.39 is 0 Å². The van der Waals surface area contributed by atoms with Crippen molar-refractivity contribution in [2.24, 2.45) is 5.73 Å². The lowest BCUT2D eigenvalue weighted by Crippen LogP contribution is -2.20. The van der Waals surface area contributed by atoms with Gasteiger partial charge in [-0.3, -0.25) is 0 Å². The van der Waals surface area contributed by atoms with Crippen LogP contribution in [0.2, 0.25) is 0 Å². The van der Waals surface area contributed by atoms with Crippen LogP contribution >= 0.6 is 0 Å². The highest BCUT2D eigenvalue weighted by atomic mass is 16.5. The Labute approximate surface area is 117 Å². The highest BCUT2D eigenvalue weighted by Gasteiger charge is 2.05. The summed E-state index contributed by atoms with van der Waals surface area (Å²) < 4.78 is 5.06. The number of anilines is 2. The summed E-state index contributed by atoms with van der Waals surface area (Å²) in [7, 11) is 1.60. The molecule has 0 bridgehead atoms. The van der Waals surface area contributed by atoms with Crippen molar-refractivity contribution in [3.63, 3.8) is 0 Å². The van der Waals surface area contributed by atoms with E-state index >= 15 is 0 Å². The molecule has 4 N–H and O–H groups in total. The molecule has 0 aromatic heterocycles. The number of nitrogens with two attached hydrogens (primary N) is 1. The Morgan fingerprint density at radius 1 is 1.10 bits per heavy atom. The lowest BCUT2D eigenvalue weighted by atomic mass is 10.2. The number of nitrogens with one attached hydrogen (secondary N) is 2. The maximum Gasteiger partial charge on any atom is 0.323 e. The van der Waals surface area contributed by atoms with Gasteiger partial charge in [-0.05, 0) is 35.9 Å². The second-order valence-electron chi connectivity index (χ2n) is 4.17. The van der Waals surface area contributed by atoms with Crippen molar-refractivity contribution in [1.29, 1.82) is 0 Å². The molecule has 0 aliphatic carbocycles. The fourth-order valence-electron chi connectivity index (χ4n) is 1.78. The molecule has 104 valence electrons. The maximum atomic E-state index is 11.9. The van der Waals surface area contributed by atoms with Crippen molar-refractivity contribution in [1.82, 2.24) is 0 Å². The first kappa shape index (κ1) is 13.9. The number of amides is 2. The Bertz CT molecular complexity index is 582. The van der Waals surface area contributed by atoms with E-state index in [2.05, 4.69) is 10.6 Å². The van der Waals surface area contributed by atoms with Crippen LogP contribution in [0.4, 0.5) is 16.2 Å². The average molecular weight is 271 g/mol. The van der Waals surface area contributed by atoms with E-state index in [4.69, 9.17) is 10.5 Å². The minimum atomic E-state index is -0.309. The van der Waals surface area contributed by atoms with E-state index in [0.717, 1.165) is 11.3 Å². The molecule has 0 aliphatic heterocycles. The Morgan fingerprint density at radius 3 is 2.45 bits per heavy atom. The molecule has 2 aromatic rings. The molecule has 0 radical (unpaired) electrons. The molecule has 5 nitrogen and oxygen atoms in total. The van der Waals surface area contributed by atoms with E-state index in [1.807, 2.05) is 24.3 Å². The number of hydrogen-bond donors (Lipinski definition) is 3. The van der Waals surface area contributed by atoms with Gasteiger partial charge in [-0.1, -0.05) is 18.2 Å². The summed E-state index contributed by atoms with van der Waals surface area (Å²) in [6.07, 6.45) is 0. The molecule has 0 saturated heterocycles. The van der Waals surface area contributed by atoms with Gasteiger partial charge in [0.15, 0.2) is 0 Å². The topological polar surface area (TPSA) is 76.4 Å². The third-order valence-corrected chi connectivity index (χ3v) is 2.83. The first-order chi connectivity index (χ1) is 9.72. The third kappa shape index (κ3) is 3.49. The Kier molecular flexibility index (Phi) is 4.57. The van der Waals surface area contributed by atoms with Crippen LogP contribution in [-0.2, 0) is 6.54 Å². The van der Waals surface area contributed by atoms with Crippen molar-refractivity contribution in [3.8, 4) is 5.75 Å². The van der Waals surface area contributed by atoms with Crippen molar-refractivity contribution in [3.05, 3.63) is 54.1 Å². The van der Waals surface area contributed by atoms with Gasteiger partial charge in [0.1, 0.15) is 5.75 Å². The summed E-state index contributed by atoms with van der Waals surface area (Å²) >= 11 is 0. The van der Waals surface area contributed by atoms with E-state index in [-0.39, 0.29) is 6.03 Å². The van der Waals surface area contributed by atoms with E-state index in [1.54, 1.807) is 31.4 Å². The van der Waals surface area contributed by atoms with Gasteiger partial charge in [-0.15, -0.1) is 0 Å². The fraction of sp³-hybridized carbons (Fsp3) is 0.133. The zero-order chi connectivity index (χ0) is 14.4. The largest absolute Gasteiger partial charge is 0.497 e. The predicted molar refractivity (Wildman–Crippen MR) is 80.0 cm³/mol. The molecular formula is C15H17N3O2. The fourth-order valence-corrected chi connectivity index (χ4v) is 1.78. The van der Waals surface area contributed by atoms with Crippen LogP contribution in [-0.4, -0.2) is 13.1 Å². The van der Waals surface area contributed by atoms with Gasteiger partial charge < -0.3 is 21.1 Å². The minimum absolute atomic E-state index is 0.309. The number of hydrogen-bond acceptors (Lipinski definition) is 3. The van der Waals surface area contributed by atoms with Gasteiger partial charge in [0.05, 0.1) is 7.11 Å². The Hall–Kier alpha value is -2.53. The zero-order valence-corrected chi connectivity index (χ0v) is 11.2. The molecule has 2 aromatic carbocycles. The molecule has 5 heteroatoms. The highest BCUT2D eigenvalue weighted by molar-refractivity contribution is 6.00. The predicted octanol–water partition coefficient (Wildman–Crippen LogP) is 2.80. The van der Waals surface area contributed by atoms with Crippen molar-refractivity contribution in [2.75, 3.05) is 17.7 Å². The third-order valence-electron chi connectivity index (χ3n) is 2.83. The van der Waals surface area contributed by atoms with Gasteiger partial charge in [-0.25, -0.2) is 4.79 Å². The molecule has 0 unspecified atom stereocenters. The first-order valence-electron chi connectivity index (χ1n) is 6.23. The van der Waals surface area contributed by atoms with Crippen LogP contribution in [0.3, 0.4) is 0 Å². The lowest BCUT2D eigenvalue weighted by Gasteiger charge is -2.11. The number of carbonyl (C=O) groups excluding carboxylic acids is 1. The summed E-state index contributed by atoms with van der Waals surface area (Å²) in [5, 5.41) is 5.52. The number of benzene rings is 2. The maximum absolute atomic E-state index is 11.9. The minimum Gasteiger partial charge on any atom is -0.497 e. The van der Waals surface area contributed by atoms with Crippen LogP contribution < -0.4 is 21.1 Å². The van der Waals surface area contributed by atoms with Crippen LogP contribution in [0.25, 0.3) is 0 Å². The number of methoxy groups -OCH3 is 1. The second-order valence-corrected chi connectivity index (χ2v) is 4.17. The molecule has 20 heavy (non-hydrogen) atoms. The van der Waals surface area contributed by atoms with Crippen LogP contribution in [0.5, 0.6) is 5.75 Å². The normalized spacial score (nSPS) is 9.90. The van der Waals surface area contributed by atoms with Gasteiger partial charge in [-0.2, -0.15) is 0 Å². The van der Waals surface area contributed by atoms with E-state index in [0.29, 0.717) is 17.9 Å². The standard InChI is InChI=1S/C15H17N3O2/c1-20-13-8-6-12(7-9-13)17-15(19)18-14-5-3-2-4-11(14)10-16/h2-9H,10,16H2,1H3,(H2,17,18,19). The van der Waals surface area contributed by atoms with Crippen molar-refractivity contribution < 1.29 is 9.53 Å². The van der Waals surface area contributed by atoms with Gasteiger partial charge in [0.2, 0.25) is 0 Å². The van der Waals surface area contributed by atoms with Crippen LogP contribution in [0.15, 0.2) is 48.5 Å². The smallest absolute Gasteiger partial charge is 0.323 e. The Morgan fingerprint density at radius 2 is 1.80 bits per heavy atom. The molecule has 0 heterocycles. The number of rotatable bonds is 4. The molecule has 0 fully saturated rings. The molecule has 0 spiro atoms. The molecule has 2 rings (SSSR count). The summed E-state index contributed by atoms with van der Waals surface area (Å²) in [6.45, 7) is 0.374. The van der Waals surface area contributed by atoms with Crippen molar-refractivity contribution in [2.45, 2.75) is 6.54 Å². The van der Waals surface area contributed by atoms with E-state index in [9.17, 15) is 4.79 Å². The van der Waals surface area contributed by atoms with E-state index in [1.165, 1.54) is 0 Å². The van der Waals surface area contributed by atoms with Gasteiger partial charge in [0.25, 0.3) is 0 Å². The molecule has 0 saturated carbocycles. The zero-order valence-electron chi connectivity index (χ0n) is 11.2. The lowest BCUT2D eigenvalue weighted by molar-refractivity contribution is 0.262. The number of ether oxygens (including phenoxy) is 1. The van der Waals surface area contributed by atoms with Crippen LogP contribution in [0.1, 0.15) is 5.56 Å². The quantitative estimate of drug-likeness (QED) is 0.800. The monoisotopic (exact) mass is 271 g/mol. The number of urea groups is 1. The molecule has 0 atom stereocenters. The Balaban J connectivity index is 2.01. The number of para-hydroxylation sites is 1. The first-order valence-corrected chi connectivity index (χ1v) is 6.23. The summed E-state index contributed by atoms with van der Waals surface area (Å²) in [6, 6.07) is 14.2. The van der Waals surface area contributed by atoms with Crippen LogP contribution in [0, 0.1) is 0 Å². The summed E-state index contributed by atoms with van der Waals surface area (Å²) in [5.74, 6) is 0.740. The molecular weight excluding hydrogens is 254 g/mol. The molecule has 2 amide bonds.